The highest BCUT2D eigenvalue weighted by molar-refractivity contribution is 4.56. The van der Waals surface area contributed by atoms with Crippen LogP contribution in [0, 0.1) is 11.8 Å². The maximum atomic E-state index is 2.47. The molecule has 134 valence electrons. The minimum Gasteiger partial charge on any atom is -0.0654 e. The lowest BCUT2D eigenvalue weighted by Crippen LogP contribution is -1.95. The summed E-state index contributed by atoms with van der Waals surface area (Å²) >= 11 is 0. The Kier molecular flexibility index (Phi) is 17.4. The zero-order chi connectivity index (χ0) is 16.5. The summed E-state index contributed by atoms with van der Waals surface area (Å²) in [6, 6.07) is 0. The van der Waals surface area contributed by atoms with E-state index in [1.165, 1.54) is 103 Å². The molecule has 0 aromatic carbocycles. The molecule has 22 heavy (non-hydrogen) atoms. The molecule has 0 amide bonds. The second-order valence-electron chi connectivity index (χ2n) is 7.87. The first-order valence-electron chi connectivity index (χ1n) is 10.7. The van der Waals surface area contributed by atoms with E-state index in [0.29, 0.717) is 0 Å². The van der Waals surface area contributed by atoms with Gasteiger partial charge in [-0.05, 0) is 11.8 Å². The van der Waals surface area contributed by atoms with Crippen LogP contribution in [-0.2, 0) is 0 Å². The third kappa shape index (κ3) is 16.4. The van der Waals surface area contributed by atoms with Crippen molar-refractivity contribution >= 4 is 0 Å². The topological polar surface area (TPSA) is 0 Å². The molecule has 0 N–H and O–H groups in total. The molecule has 0 radical (unpaired) electrons. The highest BCUT2D eigenvalue weighted by Crippen LogP contribution is 2.19. The number of hydrogen-bond acceptors (Lipinski definition) is 0. The van der Waals surface area contributed by atoms with Crippen LogP contribution in [0.2, 0.25) is 0 Å². The van der Waals surface area contributed by atoms with Gasteiger partial charge >= 0.3 is 0 Å². The minimum absolute atomic E-state index is 0.946. The Morgan fingerprint density at radius 2 is 0.818 bits per heavy atom. The average molecular weight is 311 g/mol. The van der Waals surface area contributed by atoms with Gasteiger partial charge < -0.3 is 0 Å². The van der Waals surface area contributed by atoms with Gasteiger partial charge in [0.2, 0.25) is 0 Å². The van der Waals surface area contributed by atoms with Crippen LogP contribution in [0.25, 0.3) is 0 Å². The van der Waals surface area contributed by atoms with E-state index in [-0.39, 0.29) is 0 Å². The highest BCUT2D eigenvalue weighted by Gasteiger charge is 2.02. The van der Waals surface area contributed by atoms with E-state index in [2.05, 4.69) is 27.7 Å². The van der Waals surface area contributed by atoms with Crippen LogP contribution < -0.4 is 0 Å². The van der Waals surface area contributed by atoms with Gasteiger partial charge in [-0.3, -0.25) is 0 Å². The number of unbranched alkanes of at least 4 members (excludes halogenated alkanes) is 10. The lowest BCUT2D eigenvalue weighted by molar-refractivity contribution is 0.425. The first kappa shape index (κ1) is 22.0. The molecule has 0 rings (SSSR count). The van der Waals surface area contributed by atoms with E-state index >= 15 is 0 Å². The van der Waals surface area contributed by atoms with Gasteiger partial charge in [-0.2, -0.15) is 0 Å². The molecule has 0 aliphatic heterocycles. The maximum Gasteiger partial charge on any atom is -0.0443 e. The van der Waals surface area contributed by atoms with Crippen molar-refractivity contribution in [1.29, 1.82) is 0 Å². The third-order valence-corrected chi connectivity index (χ3v) is 5.39. The van der Waals surface area contributed by atoms with Crippen molar-refractivity contribution in [2.45, 2.75) is 130 Å². The van der Waals surface area contributed by atoms with E-state index in [9.17, 15) is 0 Å². The minimum atomic E-state index is 0.946. The normalized spacial score (nSPS) is 14.2. The molecule has 0 aromatic heterocycles. The monoisotopic (exact) mass is 310 g/mol. The molecule has 0 saturated heterocycles. The molecule has 0 aliphatic rings. The predicted octanol–water partition coefficient (Wildman–Crippen LogP) is 8.54. The molecule has 0 bridgehead atoms. The number of rotatable bonds is 17. The van der Waals surface area contributed by atoms with Crippen LogP contribution in [0.4, 0.5) is 0 Å². The van der Waals surface area contributed by atoms with E-state index < -0.39 is 0 Å². The Morgan fingerprint density at radius 1 is 0.455 bits per heavy atom. The summed E-state index contributed by atoms with van der Waals surface area (Å²) in [5.41, 5.74) is 0. The molecule has 0 heteroatoms. The lowest BCUT2D eigenvalue weighted by Gasteiger charge is -2.11. The quantitative estimate of drug-likeness (QED) is 0.236. The highest BCUT2D eigenvalue weighted by atomic mass is 14.1. The van der Waals surface area contributed by atoms with Gasteiger partial charge in [-0.1, -0.05) is 130 Å². The van der Waals surface area contributed by atoms with Crippen molar-refractivity contribution in [3.8, 4) is 0 Å². The first-order valence-corrected chi connectivity index (χ1v) is 10.7. The summed E-state index contributed by atoms with van der Waals surface area (Å²) in [4.78, 5) is 0. The van der Waals surface area contributed by atoms with Crippen LogP contribution in [-0.4, -0.2) is 0 Å². The van der Waals surface area contributed by atoms with Crippen molar-refractivity contribution in [1.82, 2.24) is 0 Å². The Bertz CT molecular complexity index is 196. The van der Waals surface area contributed by atoms with E-state index in [1.807, 2.05) is 0 Å². The second-order valence-corrected chi connectivity index (χ2v) is 7.87. The van der Waals surface area contributed by atoms with E-state index in [4.69, 9.17) is 0 Å². The van der Waals surface area contributed by atoms with Gasteiger partial charge in [0.1, 0.15) is 0 Å². The summed E-state index contributed by atoms with van der Waals surface area (Å²) in [5, 5.41) is 0. The predicted molar refractivity (Wildman–Crippen MR) is 104 cm³/mol. The SMILES string of the molecule is CCCCCCCCCC(C)CCCCCCCC(C)CC. The van der Waals surface area contributed by atoms with Crippen molar-refractivity contribution < 1.29 is 0 Å². The molecule has 0 aromatic rings. The van der Waals surface area contributed by atoms with Crippen LogP contribution in [0.3, 0.4) is 0 Å². The average Bonchev–Trinajstić information content (AvgIpc) is 2.52. The fraction of sp³-hybridized carbons (Fsp3) is 1.00. The van der Waals surface area contributed by atoms with E-state index in [1.54, 1.807) is 0 Å². The summed E-state index contributed by atoms with van der Waals surface area (Å²) in [5.74, 6) is 1.91. The fourth-order valence-electron chi connectivity index (χ4n) is 3.31. The fourth-order valence-corrected chi connectivity index (χ4v) is 3.31. The molecule has 0 heterocycles. The van der Waals surface area contributed by atoms with Crippen molar-refractivity contribution in [3.63, 3.8) is 0 Å². The Balaban J connectivity index is 3.17. The van der Waals surface area contributed by atoms with Gasteiger partial charge in [0, 0.05) is 0 Å². The third-order valence-electron chi connectivity index (χ3n) is 5.39. The first-order chi connectivity index (χ1) is 10.7. The Labute approximate surface area is 142 Å². The molecular weight excluding hydrogens is 264 g/mol. The van der Waals surface area contributed by atoms with Crippen molar-refractivity contribution in [3.05, 3.63) is 0 Å². The van der Waals surface area contributed by atoms with Gasteiger partial charge in [0.25, 0.3) is 0 Å². The molecule has 0 aliphatic carbocycles. The smallest absolute Gasteiger partial charge is 0.0443 e. The zero-order valence-electron chi connectivity index (χ0n) is 16.5. The second kappa shape index (κ2) is 17.4. The van der Waals surface area contributed by atoms with Gasteiger partial charge in [-0.15, -0.1) is 0 Å². The van der Waals surface area contributed by atoms with Crippen LogP contribution in [0.15, 0.2) is 0 Å². The standard InChI is InChI=1S/C22H46/c1-5-7-8-9-10-12-16-19-22(4)20-17-14-11-13-15-18-21(3)6-2/h21-22H,5-20H2,1-4H3. The molecule has 2 unspecified atom stereocenters. The molecular formula is C22H46. The summed E-state index contributed by atoms with van der Waals surface area (Å²) < 4.78 is 0. The van der Waals surface area contributed by atoms with Gasteiger partial charge in [0.15, 0.2) is 0 Å². The molecule has 0 saturated carbocycles. The summed E-state index contributed by atoms with van der Waals surface area (Å²) in [7, 11) is 0. The van der Waals surface area contributed by atoms with Gasteiger partial charge in [-0.25, -0.2) is 0 Å². The maximum absolute atomic E-state index is 2.47. The van der Waals surface area contributed by atoms with Crippen LogP contribution >= 0.6 is 0 Å². The molecule has 0 fully saturated rings. The summed E-state index contributed by atoms with van der Waals surface area (Å²) in [6.45, 7) is 9.48. The van der Waals surface area contributed by atoms with E-state index in [0.717, 1.165) is 11.8 Å². The Hall–Kier alpha value is 0. The largest absolute Gasteiger partial charge is 0.0654 e. The van der Waals surface area contributed by atoms with Crippen LogP contribution in [0.1, 0.15) is 130 Å². The van der Waals surface area contributed by atoms with Crippen LogP contribution in [0.5, 0.6) is 0 Å². The van der Waals surface area contributed by atoms with Gasteiger partial charge in [0.05, 0.1) is 0 Å². The summed E-state index contributed by atoms with van der Waals surface area (Å²) in [6.07, 6.45) is 23.3. The number of hydrogen-bond donors (Lipinski definition) is 0. The van der Waals surface area contributed by atoms with Crippen molar-refractivity contribution in [2.24, 2.45) is 11.8 Å². The molecule has 0 spiro atoms. The Morgan fingerprint density at radius 3 is 1.23 bits per heavy atom. The molecule has 2 atom stereocenters. The molecule has 0 nitrogen and oxygen atoms in total. The van der Waals surface area contributed by atoms with Crippen molar-refractivity contribution in [2.75, 3.05) is 0 Å². The zero-order valence-corrected chi connectivity index (χ0v) is 16.5. The lowest BCUT2D eigenvalue weighted by atomic mass is 9.95.